The topological polar surface area (TPSA) is 144 Å². The molecule has 194 valence electrons. The van der Waals surface area contributed by atoms with E-state index in [0.717, 1.165) is 4.31 Å². The molecule has 4 aromatic rings. The molecule has 0 radical (unpaired) electrons. The Balaban J connectivity index is 1.50. The standard InChI is InChI=1S/C26H22N4O7S/c1-36-25-10-6-5-9-23(25)29(38(34,35)22-7-3-2-4-8-22)18-26(31)28-27-17-21-15-16-24(37-21)19-11-13-20(14-12-19)30(32)33/h2-17H,18H2,1H3,(H,28,31)/b27-17-. The molecular weight excluding hydrogens is 512 g/mol. The maximum atomic E-state index is 13.4. The monoisotopic (exact) mass is 534 g/mol. The van der Waals surface area contributed by atoms with Gasteiger partial charge in [-0.05, 0) is 48.5 Å². The number of rotatable bonds is 10. The van der Waals surface area contributed by atoms with Gasteiger partial charge in [-0.15, -0.1) is 0 Å². The summed E-state index contributed by atoms with van der Waals surface area (Å²) < 4.78 is 38.8. The van der Waals surface area contributed by atoms with Crippen molar-refractivity contribution in [3.63, 3.8) is 0 Å². The zero-order valence-corrected chi connectivity index (χ0v) is 20.9. The quantitative estimate of drug-likeness (QED) is 0.182. The van der Waals surface area contributed by atoms with Crippen LogP contribution in [-0.2, 0) is 14.8 Å². The van der Waals surface area contributed by atoms with Gasteiger partial charge >= 0.3 is 0 Å². The first-order valence-corrected chi connectivity index (χ1v) is 12.6. The van der Waals surface area contributed by atoms with Crippen LogP contribution >= 0.6 is 0 Å². The summed E-state index contributed by atoms with van der Waals surface area (Å²) in [6.45, 7) is -0.568. The van der Waals surface area contributed by atoms with Crippen LogP contribution in [0.15, 0.2) is 105 Å². The first-order valence-electron chi connectivity index (χ1n) is 11.2. The number of nitro groups is 1. The van der Waals surface area contributed by atoms with Gasteiger partial charge in [0, 0.05) is 17.7 Å². The first kappa shape index (κ1) is 26.1. The Hall–Kier alpha value is -4.97. The second-order valence-corrected chi connectivity index (χ2v) is 9.66. The summed E-state index contributed by atoms with van der Waals surface area (Å²) >= 11 is 0. The van der Waals surface area contributed by atoms with Gasteiger partial charge in [-0.25, -0.2) is 13.8 Å². The van der Waals surface area contributed by atoms with E-state index >= 15 is 0 Å². The summed E-state index contributed by atoms with van der Waals surface area (Å²) in [4.78, 5) is 23.1. The molecule has 0 fully saturated rings. The van der Waals surface area contributed by atoms with Crippen LogP contribution in [0.3, 0.4) is 0 Å². The van der Waals surface area contributed by atoms with Crippen molar-refractivity contribution >= 4 is 33.5 Å². The van der Waals surface area contributed by atoms with E-state index in [4.69, 9.17) is 9.15 Å². The maximum absolute atomic E-state index is 13.4. The van der Waals surface area contributed by atoms with E-state index < -0.39 is 27.4 Å². The lowest BCUT2D eigenvalue weighted by atomic mass is 10.1. The lowest BCUT2D eigenvalue weighted by Gasteiger charge is -2.25. The Kier molecular flexibility index (Phi) is 7.83. The lowest BCUT2D eigenvalue weighted by molar-refractivity contribution is -0.384. The predicted octanol–water partition coefficient (Wildman–Crippen LogP) is 4.21. The lowest BCUT2D eigenvalue weighted by Crippen LogP contribution is -2.39. The summed E-state index contributed by atoms with van der Waals surface area (Å²) in [6.07, 6.45) is 1.26. The van der Waals surface area contributed by atoms with Crippen LogP contribution in [0, 0.1) is 10.1 Å². The van der Waals surface area contributed by atoms with Gasteiger partial charge in [0.15, 0.2) is 0 Å². The van der Waals surface area contributed by atoms with Gasteiger partial charge in [0.2, 0.25) is 0 Å². The van der Waals surface area contributed by atoms with Crippen LogP contribution in [0.1, 0.15) is 5.76 Å². The number of sulfonamides is 1. The van der Waals surface area contributed by atoms with E-state index in [9.17, 15) is 23.3 Å². The van der Waals surface area contributed by atoms with E-state index in [2.05, 4.69) is 10.5 Å². The molecule has 0 bridgehead atoms. The van der Waals surface area contributed by atoms with Gasteiger partial charge in [0.25, 0.3) is 21.6 Å². The van der Waals surface area contributed by atoms with Crippen molar-refractivity contribution in [2.75, 3.05) is 18.0 Å². The van der Waals surface area contributed by atoms with Crippen molar-refractivity contribution in [1.29, 1.82) is 0 Å². The van der Waals surface area contributed by atoms with E-state index in [1.807, 2.05) is 0 Å². The number of nitro benzene ring substituents is 1. The molecule has 0 unspecified atom stereocenters. The zero-order chi connectivity index (χ0) is 27.1. The highest BCUT2D eigenvalue weighted by Gasteiger charge is 2.29. The molecule has 0 saturated heterocycles. The molecule has 0 saturated carbocycles. The number of carbonyl (C=O) groups is 1. The number of anilines is 1. The van der Waals surface area contributed by atoms with Gasteiger partial charge in [-0.3, -0.25) is 19.2 Å². The van der Waals surface area contributed by atoms with Gasteiger partial charge in [-0.1, -0.05) is 30.3 Å². The van der Waals surface area contributed by atoms with Crippen LogP contribution < -0.4 is 14.5 Å². The number of carbonyl (C=O) groups excluding carboxylic acids is 1. The molecule has 38 heavy (non-hydrogen) atoms. The number of hydrogen-bond acceptors (Lipinski definition) is 8. The molecule has 1 amide bonds. The molecule has 0 aliphatic heterocycles. The van der Waals surface area contributed by atoms with Crippen molar-refractivity contribution in [2.45, 2.75) is 4.90 Å². The molecule has 11 nitrogen and oxygen atoms in total. The smallest absolute Gasteiger partial charge is 0.269 e. The third kappa shape index (κ3) is 5.87. The van der Waals surface area contributed by atoms with Crippen molar-refractivity contribution < 1.29 is 27.3 Å². The number of nitrogens with one attached hydrogen (secondary N) is 1. The summed E-state index contributed by atoms with van der Waals surface area (Å²) in [5.41, 5.74) is 3.08. The predicted molar refractivity (Wildman–Crippen MR) is 141 cm³/mol. The summed E-state index contributed by atoms with van der Waals surface area (Å²) in [7, 11) is -2.71. The highest BCUT2D eigenvalue weighted by atomic mass is 32.2. The van der Waals surface area contributed by atoms with E-state index in [0.29, 0.717) is 17.1 Å². The number of amides is 1. The van der Waals surface area contributed by atoms with Crippen LogP contribution in [0.25, 0.3) is 11.3 Å². The molecular formula is C26H22N4O7S. The summed E-state index contributed by atoms with van der Waals surface area (Å²) in [5.74, 6) is 0.326. The summed E-state index contributed by atoms with van der Waals surface area (Å²) in [6, 6.07) is 23.3. The van der Waals surface area contributed by atoms with E-state index in [1.165, 1.54) is 37.6 Å². The number of non-ortho nitro benzene ring substituents is 1. The molecule has 12 heteroatoms. The Morgan fingerprint density at radius 3 is 2.39 bits per heavy atom. The number of para-hydroxylation sites is 2. The molecule has 0 atom stereocenters. The normalized spacial score (nSPS) is 11.3. The highest BCUT2D eigenvalue weighted by Crippen LogP contribution is 2.32. The van der Waals surface area contributed by atoms with Crippen molar-refractivity contribution in [2.24, 2.45) is 5.10 Å². The number of furan rings is 1. The second kappa shape index (κ2) is 11.4. The average molecular weight is 535 g/mol. The first-order chi connectivity index (χ1) is 18.3. The number of hydrogen-bond donors (Lipinski definition) is 1. The Morgan fingerprint density at radius 1 is 1.03 bits per heavy atom. The van der Waals surface area contributed by atoms with Gasteiger partial charge in [-0.2, -0.15) is 5.10 Å². The molecule has 0 aliphatic carbocycles. The highest BCUT2D eigenvalue weighted by molar-refractivity contribution is 7.92. The van der Waals surface area contributed by atoms with Gasteiger partial charge in [0.05, 0.1) is 28.8 Å². The zero-order valence-electron chi connectivity index (χ0n) is 20.1. The number of benzene rings is 3. The summed E-state index contributed by atoms with van der Waals surface area (Å²) in [5, 5.41) is 14.7. The van der Waals surface area contributed by atoms with Crippen LogP contribution in [-0.4, -0.2) is 39.1 Å². The molecule has 0 spiro atoms. The third-order valence-corrected chi connectivity index (χ3v) is 7.12. The van der Waals surface area contributed by atoms with Crippen LogP contribution in [0.2, 0.25) is 0 Å². The fourth-order valence-electron chi connectivity index (χ4n) is 3.51. The van der Waals surface area contributed by atoms with E-state index in [-0.39, 0.29) is 22.0 Å². The Labute approximate surface area is 218 Å². The van der Waals surface area contributed by atoms with Crippen LogP contribution in [0.4, 0.5) is 11.4 Å². The van der Waals surface area contributed by atoms with Crippen molar-refractivity contribution in [3.05, 3.63) is 107 Å². The minimum atomic E-state index is -4.11. The Bertz CT molecular complexity index is 1570. The van der Waals surface area contributed by atoms with Gasteiger partial charge < -0.3 is 9.15 Å². The second-order valence-electron chi connectivity index (χ2n) is 7.80. The molecule has 3 aromatic carbocycles. The number of methoxy groups -OCH3 is 1. The van der Waals surface area contributed by atoms with E-state index in [1.54, 1.807) is 66.7 Å². The molecule has 1 aromatic heterocycles. The van der Waals surface area contributed by atoms with Crippen LogP contribution in [0.5, 0.6) is 5.75 Å². The SMILES string of the molecule is COc1ccccc1N(CC(=O)N/N=C\c1ccc(-c2ccc([N+](=O)[O-])cc2)o1)S(=O)(=O)c1ccccc1. The van der Waals surface area contributed by atoms with Crippen molar-refractivity contribution in [3.8, 4) is 17.1 Å². The largest absolute Gasteiger partial charge is 0.495 e. The number of ether oxygens (including phenoxy) is 1. The number of hydrazone groups is 1. The maximum Gasteiger partial charge on any atom is 0.269 e. The minimum absolute atomic E-state index is 0.0107. The van der Waals surface area contributed by atoms with Crippen molar-refractivity contribution in [1.82, 2.24) is 5.43 Å². The molecule has 1 N–H and O–H groups in total. The fourth-order valence-corrected chi connectivity index (χ4v) is 4.97. The Morgan fingerprint density at radius 2 is 1.71 bits per heavy atom. The fraction of sp³-hybridized carbons (Fsp3) is 0.0769. The van der Waals surface area contributed by atoms with Gasteiger partial charge in [0.1, 0.15) is 23.8 Å². The molecule has 1 heterocycles. The number of nitrogens with zero attached hydrogens (tertiary/aromatic N) is 3. The minimum Gasteiger partial charge on any atom is -0.495 e. The molecule has 4 rings (SSSR count). The third-order valence-electron chi connectivity index (χ3n) is 5.34. The average Bonchev–Trinajstić information content (AvgIpc) is 3.41. The molecule has 0 aliphatic rings.